The molecule has 0 N–H and O–H groups in total. The lowest BCUT2D eigenvalue weighted by atomic mass is 10.2. The first-order valence-corrected chi connectivity index (χ1v) is 3.96. The Kier molecular flexibility index (Phi) is 15.8. The number of alkyl halides is 4. The molecular weight excluding hydrogens is 172 g/mol. The standard InChI is InChI=1S/2C4H8F2/c1-4(2-5)3-6;5-3-1-2-4-6/h4H,2-3H2,1H3;1-4H2. The van der Waals surface area contributed by atoms with Gasteiger partial charge in [0.25, 0.3) is 0 Å². The van der Waals surface area contributed by atoms with Crippen molar-refractivity contribution in [3.63, 3.8) is 0 Å². The van der Waals surface area contributed by atoms with Crippen molar-refractivity contribution in [3.8, 4) is 0 Å². The van der Waals surface area contributed by atoms with Crippen molar-refractivity contribution in [1.82, 2.24) is 0 Å². The average molecular weight is 188 g/mol. The van der Waals surface area contributed by atoms with Gasteiger partial charge in [-0.25, -0.2) is 0 Å². The summed E-state index contributed by atoms with van der Waals surface area (Å²) in [4.78, 5) is 0. The minimum Gasteiger partial charge on any atom is -0.251 e. The molecule has 0 aromatic carbocycles. The molecule has 0 amide bonds. The van der Waals surface area contributed by atoms with Crippen LogP contribution in [0.4, 0.5) is 17.6 Å². The molecular formula is C8H16F4. The Balaban J connectivity index is 0. The highest BCUT2D eigenvalue weighted by atomic mass is 19.1. The van der Waals surface area contributed by atoms with Crippen LogP contribution in [-0.4, -0.2) is 26.7 Å². The first-order chi connectivity index (χ1) is 5.72. The Morgan fingerprint density at radius 3 is 1.25 bits per heavy atom. The summed E-state index contributed by atoms with van der Waals surface area (Å²) in [6.07, 6.45) is 0.743. The van der Waals surface area contributed by atoms with E-state index in [0.717, 1.165) is 0 Å². The largest absolute Gasteiger partial charge is 0.251 e. The van der Waals surface area contributed by atoms with Crippen LogP contribution < -0.4 is 0 Å². The van der Waals surface area contributed by atoms with Crippen molar-refractivity contribution in [2.45, 2.75) is 19.8 Å². The zero-order valence-electron chi connectivity index (χ0n) is 7.33. The number of rotatable bonds is 5. The van der Waals surface area contributed by atoms with Crippen molar-refractivity contribution in [2.75, 3.05) is 26.7 Å². The Hall–Kier alpha value is -0.280. The molecule has 0 heterocycles. The molecule has 4 heteroatoms. The van der Waals surface area contributed by atoms with Gasteiger partial charge in [0.1, 0.15) is 0 Å². The van der Waals surface area contributed by atoms with Crippen molar-refractivity contribution in [2.24, 2.45) is 5.92 Å². The van der Waals surface area contributed by atoms with Gasteiger partial charge in [-0.1, -0.05) is 6.92 Å². The molecule has 0 unspecified atom stereocenters. The topological polar surface area (TPSA) is 0 Å². The van der Waals surface area contributed by atoms with Crippen LogP contribution in [0.3, 0.4) is 0 Å². The lowest BCUT2D eigenvalue weighted by Gasteiger charge is -1.93. The van der Waals surface area contributed by atoms with Gasteiger partial charge in [0.05, 0.1) is 26.7 Å². The minimum absolute atomic E-state index is 0.372. The molecule has 0 aromatic rings. The Morgan fingerprint density at radius 2 is 1.17 bits per heavy atom. The summed E-state index contributed by atoms with van der Waals surface area (Å²) in [7, 11) is 0. The van der Waals surface area contributed by atoms with Crippen LogP contribution >= 0.6 is 0 Å². The molecule has 0 spiro atoms. The zero-order chi connectivity index (χ0) is 9.82. The quantitative estimate of drug-likeness (QED) is 0.459. The van der Waals surface area contributed by atoms with Crippen LogP contribution in [-0.2, 0) is 0 Å². The smallest absolute Gasteiger partial charge is 0.0944 e. The molecule has 0 aliphatic carbocycles. The predicted octanol–water partition coefficient (Wildman–Crippen LogP) is 3.27. The summed E-state index contributed by atoms with van der Waals surface area (Å²) in [5.74, 6) is -0.398. The SMILES string of the molecule is CC(CF)CF.FCCCCF. The summed E-state index contributed by atoms with van der Waals surface area (Å²) < 4.78 is 44.3. The monoisotopic (exact) mass is 188 g/mol. The molecule has 0 bridgehead atoms. The average Bonchev–Trinajstić information content (AvgIpc) is 2.14. The number of hydrogen-bond acceptors (Lipinski definition) is 0. The molecule has 76 valence electrons. The lowest BCUT2D eigenvalue weighted by molar-refractivity contribution is 0.308. The second kappa shape index (κ2) is 13.3. The van der Waals surface area contributed by atoms with E-state index in [4.69, 9.17) is 0 Å². The van der Waals surface area contributed by atoms with Crippen LogP contribution in [0.25, 0.3) is 0 Å². The maximum Gasteiger partial charge on any atom is 0.0944 e. The third-order valence-corrected chi connectivity index (χ3v) is 1.04. The third kappa shape index (κ3) is 16.4. The van der Waals surface area contributed by atoms with Crippen LogP contribution in [0.5, 0.6) is 0 Å². The van der Waals surface area contributed by atoms with Crippen LogP contribution in [0.2, 0.25) is 0 Å². The molecule has 0 saturated heterocycles. The van der Waals surface area contributed by atoms with Crippen molar-refractivity contribution < 1.29 is 17.6 Å². The van der Waals surface area contributed by atoms with Gasteiger partial charge in [0, 0.05) is 5.92 Å². The van der Waals surface area contributed by atoms with Crippen molar-refractivity contribution >= 4 is 0 Å². The van der Waals surface area contributed by atoms with Crippen LogP contribution in [0.1, 0.15) is 19.8 Å². The number of halogens is 4. The first-order valence-electron chi connectivity index (χ1n) is 3.96. The molecule has 0 rings (SSSR count). The minimum atomic E-state index is -0.545. The van der Waals surface area contributed by atoms with E-state index in [0.29, 0.717) is 12.8 Å². The first kappa shape index (κ1) is 14.3. The molecule has 0 radical (unpaired) electrons. The zero-order valence-corrected chi connectivity index (χ0v) is 7.33. The molecule has 0 aliphatic rings. The number of unbranched alkanes of at least 4 members (excludes halogenated alkanes) is 1. The highest BCUT2D eigenvalue weighted by molar-refractivity contribution is 4.42. The molecule has 0 saturated carbocycles. The fourth-order valence-electron chi connectivity index (χ4n) is 0.230. The molecule has 0 fully saturated rings. The summed E-state index contributed by atoms with van der Waals surface area (Å²) in [6, 6.07) is 0. The van der Waals surface area contributed by atoms with E-state index >= 15 is 0 Å². The van der Waals surface area contributed by atoms with E-state index in [1.54, 1.807) is 0 Å². The van der Waals surface area contributed by atoms with E-state index in [1.807, 2.05) is 0 Å². The van der Waals surface area contributed by atoms with Gasteiger partial charge in [0.2, 0.25) is 0 Å². The normalized spacial score (nSPS) is 9.50. The second-order valence-electron chi connectivity index (χ2n) is 2.50. The maximum atomic E-state index is 11.1. The molecule has 0 nitrogen and oxygen atoms in total. The van der Waals surface area contributed by atoms with Crippen molar-refractivity contribution in [1.29, 1.82) is 0 Å². The highest BCUT2D eigenvalue weighted by Crippen LogP contribution is 1.93. The fourth-order valence-corrected chi connectivity index (χ4v) is 0.230. The summed E-state index contributed by atoms with van der Waals surface area (Å²) in [6.45, 7) is -0.332. The van der Waals surface area contributed by atoms with Gasteiger partial charge >= 0.3 is 0 Å². The number of hydrogen-bond donors (Lipinski definition) is 0. The Labute approximate surface area is 71.0 Å². The second-order valence-corrected chi connectivity index (χ2v) is 2.50. The maximum absolute atomic E-state index is 11.1. The molecule has 0 aliphatic heterocycles. The molecule has 12 heavy (non-hydrogen) atoms. The van der Waals surface area contributed by atoms with Gasteiger partial charge in [-0.05, 0) is 12.8 Å². The van der Waals surface area contributed by atoms with E-state index in [9.17, 15) is 17.6 Å². The predicted molar refractivity (Wildman–Crippen MR) is 42.3 cm³/mol. The Bertz CT molecular complexity index is 60.1. The Morgan fingerprint density at radius 1 is 0.833 bits per heavy atom. The summed E-state index contributed by atoms with van der Waals surface area (Å²) in [5, 5.41) is 0. The van der Waals surface area contributed by atoms with Crippen molar-refractivity contribution in [3.05, 3.63) is 0 Å². The van der Waals surface area contributed by atoms with Gasteiger partial charge < -0.3 is 0 Å². The van der Waals surface area contributed by atoms with E-state index in [2.05, 4.69) is 0 Å². The van der Waals surface area contributed by atoms with Gasteiger partial charge in [-0.2, -0.15) is 0 Å². The van der Waals surface area contributed by atoms with Gasteiger partial charge in [0.15, 0.2) is 0 Å². The van der Waals surface area contributed by atoms with Crippen LogP contribution in [0.15, 0.2) is 0 Å². The van der Waals surface area contributed by atoms with E-state index < -0.39 is 19.3 Å². The van der Waals surface area contributed by atoms with Crippen LogP contribution in [0, 0.1) is 5.92 Å². The molecule has 0 atom stereocenters. The third-order valence-electron chi connectivity index (χ3n) is 1.04. The lowest BCUT2D eigenvalue weighted by Crippen LogP contribution is -1.96. The van der Waals surface area contributed by atoms with Gasteiger partial charge in [-0.15, -0.1) is 0 Å². The highest BCUT2D eigenvalue weighted by Gasteiger charge is 1.95. The van der Waals surface area contributed by atoms with E-state index in [1.165, 1.54) is 6.92 Å². The summed E-state index contributed by atoms with van der Waals surface area (Å²) >= 11 is 0. The van der Waals surface area contributed by atoms with E-state index in [-0.39, 0.29) is 13.3 Å². The molecule has 0 aromatic heterocycles. The fraction of sp³-hybridized carbons (Fsp3) is 1.00. The summed E-state index contributed by atoms with van der Waals surface area (Å²) in [5.41, 5.74) is 0. The van der Waals surface area contributed by atoms with Gasteiger partial charge in [-0.3, -0.25) is 17.6 Å².